The number of methoxy groups -OCH3 is 1. The van der Waals surface area contributed by atoms with E-state index in [1.54, 1.807) is 12.1 Å². The van der Waals surface area contributed by atoms with E-state index in [4.69, 9.17) is 15.2 Å². The van der Waals surface area contributed by atoms with Crippen LogP contribution >= 0.6 is 0 Å². The van der Waals surface area contributed by atoms with Gasteiger partial charge in [0.05, 0.1) is 12.8 Å². The molecule has 0 amide bonds. The van der Waals surface area contributed by atoms with Crippen molar-refractivity contribution in [1.82, 2.24) is 4.98 Å². The van der Waals surface area contributed by atoms with Crippen LogP contribution in [0.4, 0.5) is 5.69 Å². The number of nitrogens with two attached hydrogens (primary N) is 1. The summed E-state index contributed by atoms with van der Waals surface area (Å²) in [5.41, 5.74) is 5.92. The molecule has 1 aromatic carbocycles. The van der Waals surface area contributed by atoms with E-state index in [0.29, 0.717) is 17.2 Å². The van der Waals surface area contributed by atoms with Crippen molar-refractivity contribution in [2.45, 2.75) is 0 Å². The minimum Gasteiger partial charge on any atom is -0.464 e. The molecule has 0 atom stereocenters. The summed E-state index contributed by atoms with van der Waals surface area (Å²) in [5, 5.41) is 0. The number of fused-ring (bicyclic) bond motifs is 2. The van der Waals surface area contributed by atoms with Crippen LogP contribution in [-0.2, 0) is 4.74 Å². The van der Waals surface area contributed by atoms with E-state index in [-0.39, 0.29) is 17.3 Å². The summed E-state index contributed by atoms with van der Waals surface area (Å²) in [7, 11) is 1.26. The molecule has 0 saturated carbocycles. The fourth-order valence-electron chi connectivity index (χ4n) is 1.74. The predicted octanol–water partition coefficient (Wildman–Crippen LogP) is 2.35. The average Bonchev–Trinajstić information content (AvgIpc) is 2.43. The van der Waals surface area contributed by atoms with Gasteiger partial charge in [-0.2, -0.15) is 0 Å². The van der Waals surface area contributed by atoms with E-state index >= 15 is 0 Å². The minimum atomic E-state index is -0.622. The Labute approximate surface area is 108 Å². The van der Waals surface area contributed by atoms with Crippen LogP contribution in [0.3, 0.4) is 0 Å². The van der Waals surface area contributed by atoms with E-state index in [9.17, 15) is 4.79 Å². The molecule has 0 saturated heterocycles. The van der Waals surface area contributed by atoms with Crippen LogP contribution in [0.15, 0.2) is 30.3 Å². The molecule has 2 N–H and O–H groups in total. The number of benzene rings is 1. The van der Waals surface area contributed by atoms with Crippen molar-refractivity contribution in [3.8, 4) is 23.1 Å². The molecular formula is C13H10N2O4. The fraction of sp³-hybridized carbons (Fsp3) is 0.0769. The third-order valence-electron chi connectivity index (χ3n) is 2.64. The second kappa shape index (κ2) is 4.16. The number of aromatic nitrogens is 1. The third-order valence-corrected chi connectivity index (χ3v) is 2.64. The molecule has 0 bridgehead atoms. The standard InChI is InChI=1S/C13H10N2O4/c1-17-13(16)11-7(14)6-10-12(15-11)19-9-5-3-2-4-8(9)18-10/h2-6H,14H2,1H3. The van der Waals surface area contributed by atoms with Gasteiger partial charge < -0.3 is 19.9 Å². The normalized spacial score (nSPS) is 11.6. The zero-order valence-corrected chi connectivity index (χ0v) is 10.0. The van der Waals surface area contributed by atoms with Gasteiger partial charge in [-0.25, -0.2) is 9.78 Å². The minimum absolute atomic E-state index is 0.00392. The van der Waals surface area contributed by atoms with Crippen LogP contribution in [0.2, 0.25) is 0 Å². The van der Waals surface area contributed by atoms with Crippen molar-refractivity contribution >= 4 is 11.7 Å². The van der Waals surface area contributed by atoms with Gasteiger partial charge in [0.1, 0.15) is 0 Å². The number of carbonyl (C=O) groups is 1. The molecule has 96 valence electrons. The molecule has 1 aromatic heterocycles. The summed E-state index contributed by atoms with van der Waals surface area (Å²) < 4.78 is 15.8. The molecule has 6 heteroatoms. The van der Waals surface area contributed by atoms with Gasteiger partial charge in [0, 0.05) is 6.07 Å². The van der Waals surface area contributed by atoms with Gasteiger partial charge in [-0.1, -0.05) is 12.1 Å². The van der Waals surface area contributed by atoms with Crippen LogP contribution in [0, 0.1) is 0 Å². The first-order valence-electron chi connectivity index (χ1n) is 5.52. The van der Waals surface area contributed by atoms with Crippen molar-refractivity contribution in [2.24, 2.45) is 0 Å². The Morgan fingerprint density at radius 3 is 2.58 bits per heavy atom. The van der Waals surface area contributed by atoms with E-state index in [1.165, 1.54) is 13.2 Å². The number of anilines is 1. The Kier molecular flexibility index (Phi) is 2.49. The lowest BCUT2D eigenvalue weighted by atomic mass is 10.2. The van der Waals surface area contributed by atoms with E-state index in [2.05, 4.69) is 9.72 Å². The largest absolute Gasteiger partial charge is 0.464 e. The molecule has 1 aliphatic rings. The fourth-order valence-corrected chi connectivity index (χ4v) is 1.74. The van der Waals surface area contributed by atoms with Crippen molar-refractivity contribution in [2.75, 3.05) is 12.8 Å². The molecule has 2 aromatic rings. The smallest absolute Gasteiger partial charge is 0.358 e. The summed E-state index contributed by atoms with van der Waals surface area (Å²) in [4.78, 5) is 15.5. The van der Waals surface area contributed by atoms with Crippen LogP contribution in [0.5, 0.6) is 23.1 Å². The van der Waals surface area contributed by atoms with Crippen LogP contribution < -0.4 is 15.2 Å². The van der Waals surface area contributed by atoms with Gasteiger partial charge in [-0.3, -0.25) is 0 Å². The number of hydrogen-bond acceptors (Lipinski definition) is 6. The van der Waals surface area contributed by atoms with Gasteiger partial charge in [0.25, 0.3) is 5.88 Å². The highest BCUT2D eigenvalue weighted by Gasteiger charge is 2.24. The second-order valence-corrected chi connectivity index (χ2v) is 3.87. The molecule has 0 fully saturated rings. The molecule has 1 aliphatic heterocycles. The van der Waals surface area contributed by atoms with Gasteiger partial charge in [0.2, 0.25) is 0 Å². The summed E-state index contributed by atoms with van der Waals surface area (Å²) in [6.45, 7) is 0. The Morgan fingerprint density at radius 1 is 1.21 bits per heavy atom. The number of hydrogen-bond donors (Lipinski definition) is 1. The topological polar surface area (TPSA) is 83.7 Å². The number of nitrogen functional groups attached to an aromatic ring is 1. The van der Waals surface area contributed by atoms with Gasteiger partial charge in [-0.15, -0.1) is 0 Å². The van der Waals surface area contributed by atoms with Crippen LogP contribution in [0.1, 0.15) is 10.5 Å². The number of nitrogens with zero attached hydrogens (tertiary/aromatic N) is 1. The second-order valence-electron chi connectivity index (χ2n) is 3.87. The molecule has 3 rings (SSSR count). The summed E-state index contributed by atoms with van der Waals surface area (Å²) in [5.74, 6) is 1.03. The first-order valence-corrected chi connectivity index (χ1v) is 5.52. The van der Waals surface area contributed by atoms with Gasteiger partial charge in [-0.05, 0) is 12.1 Å². The van der Waals surface area contributed by atoms with Crippen molar-refractivity contribution in [3.05, 3.63) is 36.0 Å². The van der Waals surface area contributed by atoms with Crippen molar-refractivity contribution in [1.29, 1.82) is 0 Å². The number of carbonyl (C=O) groups excluding carboxylic acids is 1. The highest BCUT2D eigenvalue weighted by Crippen LogP contribution is 2.44. The monoisotopic (exact) mass is 258 g/mol. The first kappa shape index (κ1) is 11.3. The lowest BCUT2D eigenvalue weighted by Crippen LogP contribution is -2.11. The molecule has 2 heterocycles. The maximum Gasteiger partial charge on any atom is 0.358 e. The van der Waals surface area contributed by atoms with Gasteiger partial charge in [0.15, 0.2) is 22.9 Å². The SMILES string of the molecule is COC(=O)c1nc2c(cc1N)Oc1ccccc1O2. The Balaban J connectivity index is 2.07. The van der Waals surface area contributed by atoms with Crippen molar-refractivity contribution in [3.63, 3.8) is 0 Å². The molecule has 0 aliphatic carbocycles. The molecule has 0 unspecified atom stereocenters. The van der Waals surface area contributed by atoms with Crippen LogP contribution in [-0.4, -0.2) is 18.1 Å². The maximum absolute atomic E-state index is 11.5. The zero-order valence-electron chi connectivity index (χ0n) is 10.0. The number of ether oxygens (including phenoxy) is 3. The first-order chi connectivity index (χ1) is 9.19. The summed E-state index contributed by atoms with van der Waals surface area (Å²) >= 11 is 0. The molecule has 19 heavy (non-hydrogen) atoms. The lowest BCUT2D eigenvalue weighted by Gasteiger charge is -2.20. The summed E-state index contributed by atoms with van der Waals surface area (Å²) in [6.07, 6.45) is 0. The Bertz CT molecular complexity index is 670. The quantitative estimate of drug-likeness (QED) is 0.674. The third kappa shape index (κ3) is 1.83. The molecule has 0 radical (unpaired) electrons. The Morgan fingerprint density at radius 2 is 1.89 bits per heavy atom. The highest BCUT2D eigenvalue weighted by atomic mass is 16.6. The average molecular weight is 258 g/mol. The number of pyridine rings is 1. The number of esters is 1. The lowest BCUT2D eigenvalue weighted by molar-refractivity contribution is 0.0594. The van der Waals surface area contributed by atoms with Crippen LogP contribution in [0.25, 0.3) is 0 Å². The van der Waals surface area contributed by atoms with E-state index in [1.807, 2.05) is 12.1 Å². The number of para-hydroxylation sites is 2. The Hall–Kier alpha value is -2.76. The van der Waals surface area contributed by atoms with Crippen molar-refractivity contribution < 1.29 is 19.0 Å². The van der Waals surface area contributed by atoms with Gasteiger partial charge >= 0.3 is 5.97 Å². The van der Waals surface area contributed by atoms with E-state index in [0.717, 1.165) is 0 Å². The summed E-state index contributed by atoms with van der Waals surface area (Å²) in [6, 6.07) is 8.64. The maximum atomic E-state index is 11.5. The zero-order chi connectivity index (χ0) is 13.4. The molecular weight excluding hydrogens is 248 g/mol. The predicted molar refractivity (Wildman–Crippen MR) is 66.6 cm³/mol. The molecule has 0 spiro atoms. The number of rotatable bonds is 1. The highest BCUT2D eigenvalue weighted by molar-refractivity contribution is 5.93. The molecule has 6 nitrogen and oxygen atoms in total. The van der Waals surface area contributed by atoms with E-state index < -0.39 is 5.97 Å².